The summed E-state index contributed by atoms with van der Waals surface area (Å²) in [5.74, 6) is 0.112. The minimum atomic E-state index is -0.405. The van der Waals surface area contributed by atoms with Crippen molar-refractivity contribution in [3.63, 3.8) is 0 Å². The standard InChI is InChI=1S/C13H18N3O2/c1-18-13(17)12-8-11(2-5-15-12)16-6-3-10(9-14)4-7-16/h2,5,8,10,14H,3-4,6-7,9H2,1H3. The molecule has 0 saturated carbocycles. The van der Waals surface area contributed by atoms with Gasteiger partial charge in [-0.15, -0.1) is 0 Å². The van der Waals surface area contributed by atoms with Gasteiger partial charge >= 0.3 is 5.97 Å². The molecule has 1 aromatic heterocycles. The fraction of sp³-hybridized carbons (Fsp3) is 0.538. The van der Waals surface area contributed by atoms with Crippen LogP contribution in [0.5, 0.6) is 0 Å². The second-order valence-corrected chi connectivity index (χ2v) is 4.53. The molecule has 1 saturated heterocycles. The molecule has 1 aliphatic heterocycles. The Hall–Kier alpha value is -1.62. The third-order valence-corrected chi connectivity index (χ3v) is 3.41. The van der Waals surface area contributed by atoms with Crippen LogP contribution >= 0.6 is 0 Å². The van der Waals surface area contributed by atoms with Gasteiger partial charge in [0.2, 0.25) is 0 Å². The molecule has 0 spiro atoms. The Balaban J connectivity index is 2.07. The molecule has 5 nitrogen and oxygen atoms in total. The van der Waals surface area contributed by atoms with Crippen molar-refractivity contribution in [1.82, 2.24) is 10.7 Å². The number of hydrogen-bond acceptors (Lipinski definition) is 4. The molecule has 2 heterocycles. The average molecular weight is 248 g/mol. The van der Waals surface area contributed by atoms with Gasteiger partial charge in [-0.2, -0.15) is 0 Å². The number of anilines is 1. The number of piperidine rings is 1. The first kappa shape index (κ1) is 12.8. The van der Waals surface area contributed by atoms with Gasteiger partial charge in [0, 0.05) is 31.5 Å². The molecule has 0 aliphatic carbocycles. The van der Waals surface area contributed by atoms with E-state index in [1.807, 2.05) is 6.07 Å². The summed E-state index contributed by atoms with van der Waals surface area (Å²) in [6.07, 6.45) is 3.72. The Morgan fingerprint density at radius 2 is 2.28 bits per heavy atom. The van der Waals surface area contributed by atoms with Crippen molar-refractivity contribution < 1.29 is 9.53 Å². The molecule has 0 unspecified atom stereocenters. The van der Waals surface area contributed by atoms with E-state index in [1.165, 1.54) is 7.11 Å². The summed E-state index contributed by atoms with van der Waals surface area (Å²) in [4.78, 5) is 17.7. The highest BCUT2D eigenvalue weighted by molar-refractivity contribution is 5.88. The van der Waals surface area contributed by atoms with Crippen molar-refractivity contribution >= 4 is 11.7 Å². The van der Waals surface area contributed by atoms with E-state index in [-0.39, 0.29) is 0 Å². The van der Waals surface area contributed by atoms with Crippen LogP contribution in [0.15, 0.2) is 18.3 Å². The Kier molecular flexibility index (Phi) is 4.15. The maximum atomic E-state index is 11.4. The zero-order valence-corrected chi connectivity index (χ0v) is 10.6. The summed E-state index contributed by atoms with van der Waals surface area (Å²) in [5, 5.41) is 0. The molecular weight excluding hydrogens is 230 g/mol. The van der Waals surface area contributed by atoms with Gasteiger partial charge in [-0.3, -0.25) is 5.73 Å². The van der Waals surface area contributed by atoms with Crippen LogP contribution in [-0.4, -0.2) is 37.7 Å². The molecular formula is C13H18N3O2. The van der Waals surface area contributed by atoms with Crippen molar-refractivity contribution in [2.45, 2.75) is 12.8 Å². The highest BCUT2D eigenvalue weighted by Gasteiger charge is 2.19. The maximum absolute atomic E-state index is 11.4. The van der Waals surface area contributed by atoms with Crippen LogP contribution in [0.4, 0.5) is 5.69 Å². The number of nitrogens with one attached hydrogen (secondary N) is 1. The van der Waals surface area contributed by atoms with Crippen molar-refractivity contribution in [1.29, 1.82) is 0 Å². The van der Waals surface area contributed by atoms with E-state index >= 15 is 0 Å². The Bertz CT molecular complexity index is 414. The van der Waals surface area contributed by atoms with Crippen molar-refractivity contribution in [3.8, 4) is 0 Å². The molecule has 1 N–H and O–H groups in total. The molecule has 5 heteroatoms. The maximum Gasteiger partial charge on any atom is 0.356 e. The fourth-order valence-electron chi connectivity index (χ4n) is 2.23. The first-order valence-corrected chi connectivity index (χ1v) is 6.18. The van der Waals surface area contributed by atoms with E-state index in [9.17, 15) is 4.79 Å². The summed E-state index contributed by atoms with van der Waals surface area (Å²) >= 11 is 0. The van der Waals surface area contributed by atoms with Crippen LogP contribution in [0.1, 0.15) is 23.3 Å². The van der Waals surface area contributed by atoms with E-state index in [0.717, 1.165) is 31.6 Å². The predicted molar refractivity (Wildman–Crippen MR) is 68.5 cm³/mol. The third-order valence-electron chi connectivity index (χ3n) is 3.41. The predicted octanol–water partition coefficient (Wildman–Crippen LogP) is 1.37. The molecule has 97 valence electrons. The minimum Gasteiger partial charge on any atom is -0.464 e. The minimum absolute atomic E-state index is 0.345. The quantitative estimate of drug-likeness (QED) is 0.758. The number of methoxy groups -OCH3 is 1. The lowest BCUT2D eigenvalue weighted by Gasteiger charge is -2.33. The zero-order chi connectivity index (χ0) is 13.0. The lowest BCUT2D eigenvalue weighted by molar-refractivity contribution is 0.0594. The van der Waals surface area contributed by atoms with Gasteiger partial charge in [-0.1, -0.05) is 0 Å². The van der Waals surface area contributed by atoms with Gasteiger partial charge in [0.15, 0.2) is 0 Å². The van der Waals surface area contributed by atoms with Crippen molar-refractivity contribution in [2.24, 2.45) is 5.92 Å². The van der Waals surface area contributed by atoms with Gasteiger partial charge < -0.3 is 9.64 Å². The molecule has 0 aromatic carbocycles. The number of esters is 1. The van der Waals surface area contributed by atoms with Crippen LogP contribution in [0.3, 0.4) is 0 Å². The fourth-order valence-corrected chi connectivity index (χ4v) is 2.23. The number of nitrogens with zero attached hydrogens (tertiary/aromatic N) is 2. The van der Waals surface area contributed by atoms with Crippen LogP contribution in [0.25, 0.3) is 0 Å². The molecule has 0 amide bonds. The normalized spacial score (nSPS) is 16.7. The molecule has 0 atom stereocenters. The van der Waals surface area contributed by atoms with Gasteiger partial charge in [-0.05, 0) is 30.9 Å². The number of carbonyl (C=O) groups is 1. The second kappa shape index (κ2) is 5.82. The van der Waals surface area contributed by atoms with Gasteiger partial charge in [-0.25, -0.2) is 9.78 Å². The van der Waals surface area contributed by atoms with E-state index in [2.05, 4.69) is 14.6 Å². The van der Waals surface area contributed by atoms with Crippen LogP contribution in [0, 0.1) is 5.92 Å². The molecule has 18 heavy (non-hydrogen) atoms. The second-order valence-electron chi connectivity index (χ2n) is 4.53. The monoisotopic (exact) mass is 248 g/mol. The van der Waals surface area contributed by atoms with Gasteiger partial charge in [0.1, 0.15) is 5.69 Å². The number of pyridine rings is 1. The number of aromatic nitrogens is 1. The van der Waals surface area contributed by atoms with E-state index < -0.39 is 5.97 Å². The zero-order valence-electron chi connectivity index (χ0n) is 10.6. The number of hydrogen-bond donors (Lipinski definition) is 0. The Labute approximate surface area is 107 Å². The smallest absolute Gasteiger partial charge is 0.356 e. The van der Waals surface area contributed by atoms with Crippen LogP contribution in [0.2, 0.25) is 0 Å². The average Bonchev–Trinajstić information content (AvgIpc) is 2.46. The molecule has 1 aromatic rings. The lowest BCUT2D eigenvalue weighted by Crippen LogP contribution is -2.35. The van der Waals surface area contributed by atoms with Crippen molar-refractivity contribution in [2.75, 3.05) is 31.6 Å². The first-order valence-electron chi connectivity index (χ1n) is 6.18. The molecule has 1 aliphatic rings. The topological polar surface area (TPSA) is 66.2 Å². The lowest BCUT2D eigenvalue weighted by atomic mass is 9.97. The van der Waals surface area contributed by atoms with Gasteiger partial charge in [0.05, 0.1) is 7.11 Å². The summed E-state index contributed by atoms with van der Waals surface area (Å²) in [6.45, 7) is 2.39. The van der Waals surface area contributed by atoms with Gasteiger partial charge in [0.25, 0.3) is 0 Å². The Morgan fingerprint density at radius 1 is 1.56 bits per heavy atom. The SMILES string of the molecule is COC(=O)c1cc(N2CCC(C[NH])CC2)ccn1. The molecule has 0 bridgehead atoms. The summed E-state index contributed by atoms with van der Waals surface area (Å²) in [7, 11) is 1.36. The molecule has 1 radical (unpaired) electrons. The number of carbonyl (C=O) groups excluding carboxylic acids is 1. The highest BCUT2D eigenvalue weighted by Crippen LogP contribution is 2.23. The van der Waals surface area contributed by atoms with Crippen LogP contribution in [-0.2, 0) is 4.74 Å². The molecule has 1 fully saturated rings. The third kappa shape index (κ3) is 2.79. The van der Waals surface area contributed by atoms with Crippen molar-refractivity contribution in [3.05, 3.63) is 24.0 Å². The van der Waals surface area contributed by atoms with Crippen LogP contribution < -0.4 is 10.6 Å². The Morgan fingerprint density at radius 3 is 2.89 bits per heavy atom. The number of rotatable bonds is 3. The summed E-state index contributed by atoms with van der Waals surface area (Å²) in [6, 6.07) is 3.68. The van der Waals surface area contributed by atoms with E-state index in [1.54, 1.807) is 12.3 Å². The molecule has 2 rings (SSSR count). The largest absolute Gasteiger partial charge is 0.464 e. The highest BCUT2D eigenvalue weighted by atomic mass is 16.5. The number of ether oxygens (including phenoxy) is 1. The van der Waals surface area contributed by atoms with E-state index in [0.29, 0.717) is 18.2 Å². The summed E-state index contributed by atoms with van der Waals surface area (Å²) in [5.41, 5.74) is 8.75. The van der Waals surface area contributed by atoms with E-state index in [4.69, 9.17) is 5.73 Å². The summed E-state index contributed by atoms with van der Waals surface area (Å²) < 4.78 is 4.67. The first-order chi connectivity index (χ1) is 8.74.